The number of aromatic nitrogens is 2. The number of ether oxygens (including phenoxy) is 1. The number of esters is 1. The number of imidazole rings is 1. The van der Waals surface area contributed by atoms with Gasteiger partial charge in [0.25, 0.3) is 5.91 Å². The molecule has 1 aromatic heterocycles. The summed E-state index contributed by atoms with van der Waals surface area (Å²) in [5.74, 6) is -3.88. The molecule has 0 saturated carbocycles. The van der Waals surface area contributed by atoms with Gasteiger partial charge in [-0.1, -0.05) is 36.4 Å². The van der Waals surface area contributed by atoms with E-state index in [1.807, 2.05) is 0 Å². The molecule has 1 atom stereocenters. The third-order valence-corrected chi connectivity index (χ3v) is 6.34. The molecular weight excluding hydrogens is 524 g/mol. The summed E-state index contributed by atoms with van der Waals surface area (Å²) in [6.45, 7) is -0.340. The Bertz CT molecular complexity index is 1620. The molecule has 0 radical (unpaired) electrons. The minimum absolute atomic E-state index is 0.00518. The average Bonchev–Trinajstić information content (AvgIpc) is 3.42. The number of rotatable bonds is 5. The van der Waals surface area contributed by atoms with Crippen molar-refractivity contribution in [2.24, 2.45) is 0 Å². The minimum Gasteiger partial charge on any atom is -0.465 e. The molecule has 1 aliphatic rings. The number of carboxylic acid groups (broad SMARTS) is 1. The van der Waals surface area contributed by atoms with Gasteiger partial charge in [-0.15, -0.1) is 0 Å². The zero-order chi connectivity index (χ0) is 28.1. The van der Waals surface area contributed by atoms with Crippen LogP contribution in [-0.2, 0) is 21.8 Å². The highest BCUT2D eigenvalue weighted by atomic mass is 19.4. The molecule has 2 heterocycles. The Labute approximate surface area is 217 Å². The number of fused-ring (bicyclic) bond motifs is 2. The summed E-state index contributed by atoms with van der Waals surface area (Å²) >= 11 is 0. The van der Waals surface area contributed by atoms with Gasteiger partial charge >= 0.3 is 18.2 Å². The van der Waals surface area contributed by atoms with Gasteiger partial charge in [0.15, 0.2) is 0 Å². The SMILES string of the molecule is CN(C(=O)O)c1nc2ccc(C3(OC(=O)C(F)(F)F)c4ccccc4C(=O)N3Cc3ccc(F)cc3)cc2[nH]1. The van der Waals surface area contributed by atoms with Crippen LogP contribution in [0.4, 0.5) is 28.3 Å². The van der Waals surface area contributed by atoms with Crippen molar-refractivity contribution in [1.82, 2.24) is 14.9 Å². The number of carbonyl (C=O) groups excluding carboxylic acids is 2. The number of H-pyrrole nitrogens is 1. The Hall–Kier alpha value is -4.94. The molecule has 0 aliphatic carbocycles. The van der Waals surface area contributed by atoms with E-state index in [-0.39, 0.29) is 40.2 Å². The fourth-order valence-corrected chi connectivity index (χ4v) is 4.48. The summed E-state index contributed by atoms with van der Waals surface area (Å²) in [7, 11) is 1.24. The number of anilines is 1. The molecular formula is C26H18F4N4O5. The lowest BCUT2D eigenvalue weighted by Gasteiger charge is -2.39. The molecule has 0 bridgehead atoms. The van der Waals surface area contributed by atoms with Crippen LogP contribution in [0.25, 0.3) is 11.0 Å². The van der Waals surface area contributed by atoms with E-state index < -0.39 is 35.7 Å². The predicted octanol–water partition coefficient (Wildman–Crippen LogP) is 4.78. The van der Waals surface area contributed by atoms with Crippen molar-refractivity contribution in [2.45, 2.75) is 18.4 Å². The van der Waals surface area contributed by atoms with Gasteiger partial charge < -0.3 is 14.8 Å². The number of hydrogen-bond donors (Lipinski definition) is 2. The number of hydrogen-bond acceptors (Lipinski definition) is 5. The molecule has 3 aromatic carbocycles. The first-order chi connectivity index (χ1) is 18.4. The Kier molecular flexibility index (Phi) is 6.01. The zero-order valence-corrected chi connectivity index (χ0v) is 20.0. The Morgan fingerprint density at radius 2 is 1.79 bits per heavy atom. The first-order valence-electron chi connectivity index (χ1n) is 11.3. The maximum absolute atomic E-state index is 13.6. The van der Waals surface area contributed by atoms with Gasteiger partial charge in [-0.3, -0.25) is 14.6 Å². The van der Waals surface area contributed by atoms with E-state index in [4.69, 9.17) is 4.74 Å². The molecule has 2 N–H and O–H groups in total. The van der Waals surface area contributed by atoms with Crippen molar-refractivity contribution in [2.75, 3.05) is 11.9 Å². The number of nitrogens with zero attached hydrogens (tertiary/aromatic N) is 3. The van der Waals surface area contributed by atoms with E-state index in [0.29, 0.717) is 5.56 Å². The van der Waals surface area contributed by atoms with Gasteiger partial charge in [0, 0.05) is 23.7 Å². The van der Waals surface area contributed by atoms with Gasteiger partial charge in [-0.2, -0.15) is 13.2 Å². The van der Waals surface area contributed by atoms with E-state index in [2.05, 4.69) is 9.97 Å². The number of halogens is 4. The molecule has 39 heavy (non-hydrogen) atoms. The molecule has 1 unspecified atom stereocenters. The summed E-state index contributed by atoms with van der Waals surface area (Å²) in [6, 6.07) is 14.8. The highest BCUT2D eigenvalue weighted by Crippen LogP contribution is 2.47. The third kappa shape index (κ3) is 4.31. The van der Waals surface area contributed by atoms with E-state index >= 15 is 0 Å². The first-order valence-corrected chi connectivity index (χ1v) is 11.3. The monoisotopic (exact) mass is 542 g/mol. The minimum atomic E-state index is -5.40. The van der Waals surface area contributed by atoms with E-state index in [1.54, 1.807) is 0 Å². The maximum atomic E-state index is 13.6. The fourth-order valence-electron chi connectivity index (χ4n) is 4.48. The Morgan fingerprint density at radius 1 is 1.10 bits per heavy atom. The molecule has 13 heteroatoms. The van der Waals surface area contributed by atoms with Gasteiger partial charge in [-0.25, -0.2) is 19.0 Å². The van der Waals surface area contributed by atoms with Crippen LogP contribution in [0.5, 0.6) is 0 Å². The zero-order valence-electron chi connectivity index (χ0n) is 20.0. The van der Waals surface area contributed by atoms with Crippen LogP contribution >= 0.6 is 0 Å². The van der Waals surface area contributed by atoms with E-state index in [0.717, 1.165) is 21.9 Å². The van der Waals surface area contributed by atoms with Gasteiger partial charge in [0.05, 0.1) is 17.6 Å². The molecule has 1 aliphatic heterocycles. The van der Waals surface area contributed by atoms with Crippen LogP contribution in [0, 0.1) is 5.82 Å². The second kappa shape index (κ2) is 9.11. The number of carbonyl (C=O) groups is 3. The standard InChI is InChI=1S/C26H18F4N4O5/c1-33(24(37)38)23-31-19-11-8-15(12-20(19)32-23)25(39-22(36)26(28,29)30)18-5-3-2-4-17(18)21(35)34(25)13-14-6-9-16(27)10-7-14/h2-12H,13H2,1H3,(H,31,32)(H,37,38). The quantitative estimate of drug-likeness (QED) is 0.277. The van der Waals surface area contributed by atoms with Crippen LogP contribution in [-0.4, -0.2) is 51.2 Å². The third-order valence-electron chi connectivity index (χ3n) is 6.34. The highest BCUT2D eigenvalue weighted by molar-refractivity contribution is 6.01. The van der Waals surface area contributed by atoms with Crippen molar-refractivity contribution in [3.63, 3.8) is 0 Å². The number of nitrogens with one attached hydrogen (secondary N) is 1. The van der Waals surface area contributed by atoms with Crippen LogP contribution in [0.15, 0.2) is 66.7 Å². The van der Waals surface area contributed by atoms with Crippen molar-refractivity contribution in [3.05, 3.63) is 94.8 Å². The largest absolute Gasteiger partial charge is 0.491 e. The average molecular weight is 542 g/mol. The van der Waals surface area contributed by atoms with Gasteiger partial charge in [-0.05, 0) is 35.9 Å². The smallest absolute Gasteiger partial charge is 0.465 e. The first kappa shape index (κ1) is 25.7. The van der Waals surface area contributed by atoms with Crippen molar-refractivity contribution >= 4 is 35.0 Å². The Balaban J connectivity index is 1.74. The van der Waals surface area contributed by atoms with Crippen LogP contribution in [0.2, 0.25) is 0 Å². The van der Waals surface area contributed by atoms with Crippen LogP contribution < -0.4 is 4.90 Å². The molecule has 2 amide bonds. The normalized spacial score (nSPS) is 16.8. The Morgan fingerprint density at radius 3 is 2.46 bits per heavy atom. The van der Waals surface area contributed by atoms with Crippen molar-refractivity contribution in [1.29, 1.82) is 0 Å². The maximum Gasteiger partial charge on any atom is 0.491 e. The second-order valence-corrected chi connectivity index (χ2v) is 8.73. The molecule has 200 valence electrons. The van der Waals surface area contributed by atoms with Gasteiger partial charge in [0.1, 0.15) is 5.82 Å². The summed E-state index contributed by atoms with van der Waals surface area (Å²) < 4.78 is 59.5. The number of benzene rings is 3. The molecule has 0 fully saturated rings. The van der Waals surface area contributed by atoms with Crippen LogP contribution in [0.3, 0.4) is 0 Å². The second-order valence-electron chi connectivity index (χ2n) is 8.73. The number of alkyl halides is 3. The molecule has 5 rings (SSSR count). The van der Waals surface area contributed by atoms with Crippen molar-refractivity contribution in [3.8, 4) is 0 Å². The molecule has 0 spiro atoms. The summed E-state index contributed by atoms with van der Waals surface area (Å²) in [6.07, 6.45) is -6.71. The summed E-state index contributed by atoms with van der Waals surface area (Å²) in [5, 5.41) is 9.27. The lowest BCUT2D eigenvalue weighted by Crippen LogP contribution is -2.49. The molecule has 4 aromatic rings. The number of amides is 2. The van der Waals surface area contributed by atoms with E-state index in [1.165, 1.54) is 61.6 Å². The lowest BCUT2D eigenvalue weighted by molar-refractivity contribution is -0.222. The summed E-state index contributed by atoms with van der Waals surface area (Å²) in [5.41, 5.74) is -1.60. The number of aromatic amines is 1. The molecule has 9 nitrogen and oxygen atoms in total. The highest BCUT2D eigenvalue weighted by Gasteiger charge is 2.57. The van der Waals surface area contributed by atoms with Crippen molar-refractivity contribution < 1.29 is 41.8 Å². The summed E-state index contributed by atoms with van der Waals surface area (Å²) in [4.78, 5) is 46.0. The predicted molar refractivity (Wildman–Crippen MR) is 128 cm³/mol. The lowest BCUT2D eigenvalue weighted by atomic mass is 9.92. The molecule has 0 saturated heterocycles. The fraction of sp³-hybridized carbons (Fsp3) is 0.154. The van der Waals surface area contributed by atoms with Crippen LogP contribution in [0.1, 0.15) is 27.0 Å². The van der Waals surface area contributed by atoms with E-state index in [9.17, 15) is 37.1 Å². The van der Waals surface area contributed by atoms with Gasteiger partial charge in [0.2, 0.25) is 11.7 Å². The topological polar surface area (TPSA) is 116 Å².